The van der Waals surface area contributed by atoms with Crippen LogP contribution in [0, 0.1) is 35.0 Å². The van der Waals surface area contributed by atoms with Gasteiger partial charge in [-0.3, -0.25) is 9.69 Å². The number of carbonyl (C=O) groups excluding carboxylic acids is 1. The Balaban J connectivity index is 1.18. The van der Waals surface area contributed by atoms with Crippen molar-refractivity contribution >= 4 is 5.91 Å². The molecule has 10 heteroatoms. The van der Waals surface area contributed by atoms with E-state index in [9.17, 15) is 18.0 Å². The first-order valence-corrected chi connectivity index (χ1v) is 13.7. The van der Waals surface area contributed by atoms with Crippen LogP contribution >= 0.6 is 0 Å². The van der Waals surface area contributed by atoms with E-state index in [1.165, 1.54) is 0 Å². The fraction of sp³-hybridized carbons (Fsp3) is 0.885. The third-order valence-electron chi connectivity index (χ3n) is 10.3. The summed E-state index contributed by atoms with van der Waals surface area (Å²) in [7, 11) is 2.09. The maximum absolute atomic E-state index is 14.2. The van der Waals surface area contributed by atoms with Crippen molar-refractivity contribution in [2.24, 2.45) is 35.0 Å². The number of hydrazine groups is 1. The monoisotopic (exact) mass is 512 g/mol. The Kier molecular flexibility index (Phi) is 6.64. The number of amides is 1. The largest absolute Gasteiger partial charge is 0.392 e. The topological polar surface area (TPSA) is 66.1 Å². The molecule has 7 nitrogen and oxygen atoms in total. The molecule has 1 amide bonds. The van der Waals surface area contributed by atoms with Crippen LogP contribution in [-0.4, -0.2) is 80.8 Å². The van der Waals surface area contributed by atoms with Gasteiger partial charge in [-0.2, -0.15) is 13.2 Å². The van der Waals surface area contributed by atoms with Crippen LogP contribution in [0.5, 0.6) is 0 Å². The zero-order valence-electron chi connectivity index (χ0n) is 21.1. The second-order valence-electron chi connectivity index (χ2n) is 12.2. The first-order chi connectivity index (χ1) is 17.2. The van der Waals surface area contributed by atoms with Crippen molar-refractivity contribution in [3.63, 3.8) is 0 Å². The number of hydrogen-bond acceptors (Lipinski definition) is 6. The first kappa shape index (κ1) is 25.1. The van der Waals surface area contributed by atoms with E-state index < -0.39 is 23.9 Å². The number of halogens is 3. The molecule has 0 bridgehead atoms. The Bertz CT molecular complexity index is 879. The average Bonchev–Trinajstić information content (AvgIpc) is 3.57. The second-order valence-corrected chi connectivity index (χ2v) is 12.2. The summed E-state index contributed by atoms with van der Waals surface area (Å²) in [4.78, 5) is 17.8. The van der Waals surface area contributed by atoms with Crippen LogP contribution in [0.3, 0.4) is 0 Å². The number of likely N-dealkylation sites (tertiary alicyclic amines) is 1. The Hall–Kier alpha value is -1.20. The second kappa shape index (κ2) is 9.52. The van der Waals surface area contributed by atoms with Crippen molar-refractivity contribution in [3.05, 3.63) is 11.6 Å². The molecular formula is C26H39F3N4O3. The van der Waals surface area contributed by atoms with Crippen molar-refractivity contribution in [2.45, 2.75) is 63.3 Å². The highest BCUT2D eigenvalue weighted by Crippen LogP contribution is 2.54. The standard InChI is InChI=1S/C26H39F3N4O3/c1-32-15-30-31-23(32)10-25(13-36-14-25)18-3-2-4-19(9-18)33-11-21-20(24(33)34)7-17(16-5-6-35-12-16)8-22(21)26(27,28)29/h5,17-23,30-31H,2-4,6-15H2,1H3. The molecule has 6 rings (SSSR count). The fourth-order valence-electron chi connectivity index (χ4n) is 8.09. The number of carbonyl (C=O) groups is 1. The van der Waals surface area contributed by atoms with E-state index in [0.717, 1.165) is 57.6 Å². The van der Waals surface area contributed by atoms with Crippen LogP contribution in [0.15, 0.2) is 11.6 Å². The smallest absolute Gasteiger partial charge is 0.380 e. The lowest BCUT2D eigenvalue weighted by atomic mass is 9.64. The van der Waals surface area contributed by atoms with Gasteiger partial charge in [-0.1, -0.05) is 12.5 Å². The lowest BCUT2D eigenvalue weighted by Crippen LogP contribution is -2.56. The predicted octanol–water partition coefficient (Wildman–Crippen LogP) is 2.89. The predicted molar refractivity (Wildman–Crippen MR) is 126 cm³/mol. The van der Waals surface area contributed by atoms with Gasteiger partial charge in [0.2, 0.25) is 5.91 Å². The fourth-order valence-corrected chi connectivity index (χ4v) is 8.09. The summed E-state index contributed by atoms with van der Waals surface area (Å²) >= 11 is 0. The maximum Gasteiger partial charge on any atom is 0.392 e. The van der Waals surface area contributed by atoms with E-state index >= 15 is 0 Å². The number of nitrogens with one attached hydrogen (secondary N) is 2. The van der Waals surface area contributed by atoms with Crippen LogP contribution in [0.1, 0.15) is 44.9 Å². The zero-order chi connectivity index (χ0) is 25.1. The number of hydrogen-bond donors (Lipinski definition) is 2. The summed E-state index contributed by atoms with van der Waals surface area (Å²) < 4.78 is 53.8. The Morgan fingerprint density at radius 2 is 2.00 bits per heavy atom. The molecular weight excluding hydrogens is 473 g/mol. The molecule has 36 heavy (non-hydrogen) atoms. The molecule has 5 fully saturated rings. The summed E-state index contributed by atoms with van der Waals surface area (Å²) in [5, 5.41) is 0. The van der Waals surface area contributed by atoms with Crippen molar-refractivity contribution < 1.29 is 27.4 Å². The van der Waals surface area contributed by atoms with Gasteiger partial charge in [0.15, 0.2) is 0 Å². The zero-order valence-corrected chi connectivity index (χ0v) is 21.1. The number of ether oxygens (including phenoxy) is 2. The van der Waals surface area contributed by atoms with E-state index in [-0.39, 0.29) is 42.4 Å². The van der Waals surface area contributed by atoms with E-state index in [0.29, 0.717) is 25.6 Å². The number of fused-ring (bicyclic) bond motifs is 1. The normalized spacial score (nSPS) is 41.3. The van der Waals surface area contributed by atoms with Gasteiger partial charge in [-0.05, 0) is 68.9 Å². The molecule has 0 aromatic rings. The van der Waals surface area contributed by atoms with E-state index in [4.69, 9.17) is 9.47 Å². The molecule has 0 spiro atoms. The van der Waals surface area contributed by atoms with Crippen LogP contribution < -0.4 is 10.9 Å². The molecule has 0 aromatic heterocycles. The van der Waals surface area contributed by atoms with Crippen LogP contribution in [0.4, 0.5) is 13.2 Å². The third kappa shape index (κ3) is 4.40. The van der Waals surface area contributed by atoms with E-state index in [2.05, 4.69) is 22.8 Å². The van der Waals surface area contributed by atoms with Crippen molar-refractivity contribution in [1.29, 1.82) is 0 Å². The molecule has 6 aliphatic rings. The molecule has 2 saturated carbocycles. The summed E-state index contributed by atoms with van der Waals surface area (Å²) in [5.41, 5.74) is 7.59. The number of alkyl halides is 3. The SMILES string of the molecule is CN1CNNC1CC1(C2CCCC(N3CC4C(CC(C5=CCOC5)CC4C(F)(F)F)C3=O)C2)COC1. The highest BCUT2D eigenvalue weighted by Gasteiger charge is 2.58. The van der Waals surface area contributed by atoms with Gasteiger partial charge in [-0.25, -0.2) is 10.9 Å². The van der Waals surface area contributed by atoms with Gasteiger partial charge in [0.1, 0.15) is 0 Å². The molecule has 202 valence electrons. The van der Waals surface area contributed by atoms with Gasteiger partial charge >= 0.3 is 6.18 Å². The molecule has 4 aliphatic heterocycles. The summed E-state index contributed by atoms with van der Waals surface area (Å²) in [6.45, 7) is 3.38. The first-order valence-electron chi connectivity index (χ1n) is 13.7. The molecule has 2 N–H and O–H groups in total. The van der Waals surface area contributed by atoms with Crippen molar-refractivity contribution in [2.75, 3.05) is 46.7 Å². The van der Waals surface area contributed by atoms with Crippen LogP contribution in [0.2, 0.25) is 0 Å². The average molecular weight is 513 g/mol. The molecule has 7 atom stereocenters. The summed E-state index contributed by atoms with van der Waals surface area (Å²) in [6, 6.07) is 0.0353. The minimum Gasteiger partial charge on any atom is -0.380 e. The van der Waals surface area contributed by atoms with Gasteiger partial charge in [0.25, 0.3) is 0 Å². The molecule has 7 unspecified atom stereocenters. The van der Waals surface area contributed by atoms with Crippen LogP contribution in [-0.2, 0) is 14.3 Å². The Morgan fingerprint density at radius 1 is 1.17 bits per heavy atom. The van der Waals surface area contributed by atoms with Crippen molar-refractivity contribution in [1.82, 2.24) is 20.7 Å². The van der Waals surface area contributed by atoms with Gasteiger partial charge in [-0.15, -0.1) is 0 Å². The third-order valence-corrected chi connectivity index (χ3v) is 10.3. The summed E-state index contributed by atoms with van der Waals surface area (Å²) in [5.74, 6) is -2.39. The molecule has 0 radical (unpaired) electrons. The van der Waals surface area contributed by atoms with Gasteiger partial charge < -0.3 is 14.4 Å². The molecule has 2 aliphatic carbocycles. The van der Waals surface area contributed by atoms with Gasteiger partial charge in [0, 0.05) is 23.9 Å². The molecule has 4 heterocycles. The van der Waals surface area contributed by atoms with E-state index in [1.807, 2.05) is 11.0 Å². The Labute approximate surface area is 211 Å². The van der Waals surface area contributed by atoms with Crippen LogP contribution in [0.25, 0.3) is 0 Å². The number of rotatable bonds is 5. The molecule has 0 aromatic carbocycles. The Morgan fingerprint density at radius 3 is 2.64 bits per heavy atom. The van der Waals surface area contributed by atoms with Crippen molar-refractivity contribution in [3.8, 4) is 0 Å². The van der Waals surface area contributed by atoms with Gasteiger partial charge in [0.05, 0.1) is 45.2 Å². The lowest BCUT2D eigenvalue weighted by Gasteiger charge is -2.52. The molecule has 3 saturated heterocycles. The highest BCUT2D eigenvalue weighted by atomic mass is 19.4. The summed E-state index contributed by atoms with van der Waals surface area (Å²) in [6.07, 6.45) is 3.34. The minimum absolute atomic E-state index is 0.0353. The quantitative estimate of drug-likeness (QED) is 0.553. The highest BCUT2D eigenvalue weighted by molar-refractivity contribution is 5.82. The number of nitrogens with zero attached hydrogens (tertiary/aromatic N) is 2. The minimum atomic E-state index is -4.28. The van der Waals surface area contributed by atoms with E-state index in [1.54, 1.807) is 0 Å². The maximum atomic E-state index is 14.2. The lowest BCUT2D eigenvalue weighted by molar-refractivity contribution is -0.202.